The Morgan fingerprint density at radius 2 is 1.89 bits per heavy atom. The van der Waals surface area contributed by atoms with E-state index in [9.17, 15) is 15.0 Å². The molecule has 2 N–H and O–H groups in total. The summed E-state index contributed by atoms with van der Waals surface area (Å²) in [4.78, 5) is 11.4. The highest BCUT2D eigenvalue weighted by Gasteiger charge is 2.16. The molecule has 0 saturated heterocycles. The maximum atomic E-state index is 11.4. The Kier molecular flexibility index (Phi) is 4.21. The fourth-order valence-corrected chi connectivity index (χ4v) is 2.65. The standard InChI is InChI=1S/C15H13IO3/c1-9-4-2-3-5-11(9)12-6-10(8-17)14(16)7-13(12)15(18)19/h2-7,17H,8H2,1H3,(H,18,19). The van der Waals surface area contributed by atoms with Crippen LogP contribution in [0.25, 0.3) is 11.1 Å². The third-order valence-electron chi connectivity index (χ3n) is 3.02. The lowest BCUT2D eigenvalue weighted by atomic mass is 9.94. The van der Waals surface area contributed by atoms with E-state index < -0.39 is 5.97 Å². The number of aliphatic hydroxyl groups excluding tert-OH is 1. The fraction of sp³-hybridized carbons (Fsp3) is 0.133. The lowest BCUT2D eigenvalue weighted by Crippen LogP contribution is -2.03. The number of carbonyl (C=O) groups is 1. The van der Waals surface area contributed by atoms with Gasteiger partial charge in [-0.3, -0.25) is 0 Å². The molecule has 3 nitrogen and oxygen atoms in total. The van der Waals surface area contributed by atoms with Gasteiger partial charge in [-0.1, -0.05) is 24.3 Å². The van der Waals surface area contributed by atoms with Gasteiger partial charge in [0.25, 0.3) is 0 Å². The van der Waals surface area contributed by atoms with E-state index >= 15 is 0 Å². The summed E-state index contributed by atoms with van der Waals surface area (Å²) in [5, 5.41) is 18.7. The normalized spacial score (nSPS) is 10.5. The van der Waals surface area contributed by atoms with Gasteiger partial charge in [0.05, 0.1) is 12.2 Å². The van der Waals surface area contributed by atoms with E-state index in [4.69, 9.17) is 0 Å². The van der Waals surface area contributed by atoms with Crippen molar-refractivity contribution in [3.8, 4) is 11.1 Å². The zero-order valence-corrected chi connectivity index (χ0v) is 12.5. The number of carboxylic acids is 1. The second-order valence-electron chi connectivity index (χ2n) is 4.27. The summed E-state index contributed by atoms with van der Waals surface area (Å²) in [5.74, 6) is -0.958. The molecule has 2 aromatic carbocycles. The van der Waals surface area contributed by atoms with Crippen molar-refractivity contribution in [1.29, 1.82) is 0 Å². The van der Waals surface area contributed by atoms with Crippen LogP contribution in [0, 0.1) is 10.5 Å². The summed E-state index contributed by atoms with van der Waals surface area (Å²) in [7, 11) is 0. The number of rotatable bonds is 3. The highest BCUT2D eigenvalue weighted by atomic mass is 127. The first-order chi connectivity index (χ1) is 9.04. The molecule has 0 atom stereocenters. The van der Waals surface area contributed by atoms with E-state index in [1.165, 1.54) is 0 Å². The zero-order chi connectivity index (χ0) is 14.0. The van der Waals surface area contributed by atoms with Crippen LogP contribution in [-0.4, -0.2) is 16.2 Å². The molecule has 0 saturated carbocycles. The van der Waals surface area contributed by atoms with Crippen molar-refractivity contribution < 1.29 is 15.0 Å². The van der Waals surface area contributed by atoms with Crippen molar-refractivity contribution in [3.05, 3.63) is 56.7 Å². The predicted molar refractivity (Wildman–Crippen MR) is 82.2 cm³/mol. The minimum absolute atomic E-state index is 0.100. The summed E-state index contributed by atoms with van der Waals surface area (Å²) in [5.41, 5.74) is 3.54. The summed E-state index contributed by atoms with van der Waals surface area (Å²) >= 11 is 2.04. The van der Waals surface area contributed by atoms with Crippen LogP contribution in [0.1, 0.15) is 21.5 Å². The third kappa shape index (κ3) is 2.79. The molecule has 0 heterocycles. The molecule has 0 spiro atoms. The molecule has 0 aliphatic heterocycles. The van der Waals surface area contributed by atoms with Crippen LogP contribution < -0.4 is 0 Å². The summed E-state index contributed by atoms with van der Waals surface area (Å²) in [6, 6.07) is 11.0. The van der Waals surface area contributed by atoms with Crippen molar-refractivity contribution in [1.82, 2.24) is 0 Å². The average molecular weight is 368 g/mol. The van der Waals surface area contributed by atoms with E-state index in [0.717, 1.165) is 20.3 Å². The van der Waals surface area contributed by atoms with Gasteiger partial charge in [0.15, 0.2) is 0 Å². The monoisotopic (exact) mass is 368 g/mol. The van der Waals surface area contributed by atoms with E-state index in [1.54, 1.807) is 12.1 Å². The van der Waals surface area contributed by atoms with Crippen molar-refractivity contribution in [2.24, 2.45) is 0 Å². The van der Waals surface area contributed by atoms with Crippen molar-refractivity contribution in [2.45, 2.75) is 13.5 Å². The van der Waals surface area contributed by atoms with Gasteiger partial charge in [0.1, 0.15) is 0 Å². The first-order valence-corrected chi connectivity index (χ1v) is 6.85. The van der Waals surface area contributed by atoms with Gasteiger partial charge in [0.2, 0.25) is 0 Å². The maximum Gasteiger partial charge on any atom is 0.336 e. The molecule has 0 aromatic heterocycles. The van der Waals surface area contributed by atoms with Gasteiger partial charge in [-0.15, -0.1) is 0 Å². The minimum atomic E-state index is -0.958. The van der Waals surface area contributed by atoms with Gasteiger partial charge in [-0.2, -0.15) is 0 Å². The van der Waals surface area contributed by atoms with Gasteiger partial charge >= 0.3 is 5.97 Å². The molecule has 0 aliphatic rings. The summed E-state index contributed by atoms with van der Waals surface area (Å²) in [6.45, 7) is 1.84. The van der Waals surface area contributed by atoms with E-state index in [-0.39, 0.29) is 12.2 Å². The number of aryl methyl sites for hydroxylation is 1. The van der Waals surface area contributed by atoms with E-state index in [1.807, 2.05) is 53.8 Å². The molecule has 2 rings (SSSR count). The quantitative estimate of drug-likeness (QED) is 0.816. The Morgan fingerprint density at radius 1 is 1.21 bits per heavy atom. The topological polar surface area (TPSA) is 57.5 Å². The third-order valence-corrected chi connectivity index (χ3v) is 4.03. The Hall–Kier alpha value is -1.40. The molecule has 19 heavy (non-hydrogen) atoms. The van der Waals surface area contributed by atoms with E-state index in [2.05, 4.69) is 0 Å². The fourth-order valence-electron chi connectivity index (χ4n) is 2.01. The number of halogens is 1. The molecule has 0 aliphatic carbocycles. The minimum Gasteiger partial charge on any atom is -0.478 e. The van der Waals surface area contributed by atoms with Gasteiger partial charge in [-0.25, -0.2) is 4.79 Å². The van der Waals surface area contributed by atoms with Gasteiger partial charge in [0, 0.05) is 3.57 Å². The smallest absolute Gasteiger partial charge is 0.336 e. The predicted octanol–water partition coefficient (Wildman–Crippen LogP) is 3.46. The number of hydrogen-bond donors (Lipinski definition) is 2. The van der Waals surface area contributed by atoms with Crippen molar-refractivity contribution >= 4 is 28.6 Å². The van der Waals surface area contributed by atoms with Crippen LogP contribution >= 0.6 is 22.6 Å². The van der Waals surface area contributed by atoms with Gasteiger partial charge < -0.3 is 10.2 Å². The summed E-state index contributed by atoms with van der Waals surface area (Å²) < 4.78 is 0.759. The molecule has 0 unspecified atom stereocenters. The van der Waals surface area contributed by atoms with Crippen LogP contribution in [0.3, 0.4) is 0 Å². The Labute approximate surface area is 125 Å². The van der Waals surface area contributed by atoms with Crippen LogP contribution in [0.15, 0.2) is 36.4 Å². The number of aromatic carboxylic acids is 1. The number of hydrogen-bond acceptors (Lipinski definition) is 2. The molecule has 98 valence electrons. The largest absolute Gasteiger partial charge is 0.478 e. The van der Waals surface area contributed by atoms with Crippen LogP contribution in [0.5, 0.6) is 0 Å². The molecule has 0 radical (unpaired) electrons. The maximum absolute atomic E-state index is 11.4. The lowest BCUT2D eigenvalue weighted by molar-refractivity contribution is 0.0697. The zero-order valence-electron chi connectivity index (χ0n) is 10.4. The Bertz CT molecular complexity index is 635. The lowest BCUT2D eigenvalue weighted by Gasteiger charge is -2.12. The molecule has 0 bridgehead atoms. The Morgan fingerprint density at radius 3 is 2.47 bits per heavy atom. The highest BCUT2D eigenvalue weighted by molar-refractivity contribution is 14.1. The second kappa shape index (κ2) is 5.71. The first-order valence-electron chi connectivity index (χ1n) is 5.77. The first kappa shape index (κ1) is 14.0. The summed E-state index contributed by atoms with van der Waals surface area (Å²) in [6.07, 6.45) is 0. The van der Waals surface area contributed by atoms with E-state index in [0.29, 0.717) is 5.56 Å². The molecular weight excluding hydrogens is 355 g/mol. The van der Waals surface area contributed by atoms with Crippen LogP contribution in [0.2, 0.25) is 0 Å². The molecule has 0 amide bonds. The number of carboxylic acid groups (broad SMARTS) is 1. The Balaban J connectivity index is 2.74. The van der Waals surface area contributed by atoms with Crippen LogP contribution in [-0.2, 0) is 6.61 Å². The van der Waals surface area contributed by atoms with Crippen molar-refractivity contribution in [3.63, 3.8) is 0 Å². The van der Waals surface area contributed by atoms with Gasteiger partial charge in [-0.05, 0) is 63.9 Å². The molecule has 2 aromatic rings. The SMILES string of the molecule is Cc1ccccc1-c1cc(CO)c(I)cc1C(=O)O. The molecule has 0 fully saturated rings. The number of aliphatic hydroxyl groups is 1. The number of benzene rings is 2. The second-order valence-corrected chi connectivity index (χ2v) is 5.43. The average Bonchev–Trinajstić information content (AvgIpc) is 2.39. The molecular formula is C15H13IO3. The van der Waals surface area contributed by atoms with Crippen LogP contribution in [0.4, 0.5) is 0 Å². The molecule has 4 heteroatoms. The van der Waals surface area contributed by atoms with Crippen molar-refractivity contribution in [2.75, 3.05) is 0 Å². The highest BCUT2D eigenvalue weighted by Crippen LogP contribution is 2.30.